The molecule has 0 aliphatic carbocycles. The number of benzene rings is 1. The summed E-state index contributed by atoms with van der Waals surface area (Å²) in [6.07, 6.45) is 2.68. The Morgan fingerprint density at radius 3 is 2.55 bits per heavy atom. The van der Waals surface area contributed by atoms with Crippen LogP contribution in [0.4, 0.5) is 0 Å². The minimum absolute atomic E-state index is 0.0587. The molecule has 0 spiro atoms. The lowest BCUT2D eigenvalue weighted by Crippen LogP contribution is -2.50. The Morgan fingerprint density at radius 1 is 1.35 bits per heavy atom. The molecule has 4 heteroatoms. The molecular formula is C16H25N3O. The SMILES string of the molecule is CN1CCC(N(C)C(=O)[C@H](N)Cc2ccccc2)CC1. The van der Waals surface area contributed by atoms with Gasteiger partial charge < -0.3 is 15.5 Å². The number of amides is 1. The van der Waals surface area contributed by atoms with E-state index in [2.05, 4.69) is 11.9 Å². The maximum absolute atomic E-state index is 12.4. The molecule has 4 nitrogen and oxygen atoms in total. The quantitative estimate of drug-likeness (QED) is 0.895. The highest BCUT2D eigenvalue weighted by atomic mass is 16.2. The van der Waals surface area contributed by atoms with Crippen LogP contribution in [-0.4, -0.2) is 55.0 Å². The summed E-state index contributed by atoms with van der Waals surface area (Å²) in [6, 6.07) is 9.86. The van der Waals surface area contributed by atoms with Crippen molar-refractivity contribution in [3.05, 3.63) is 35.9 Å². The Balaban J connectivity index is 1.89. The van der Waals surface area contributed by atoms with Crippen molar-refractivity contribution in [2.24, 2.45) is 5.73 Å². The van der Waals surface area contributed by atoms with E-state index in [0.717, 1.165) is 31.5 Å². The molecule has 0 unspecified atom stereocenters. The van der Waals surface area contributed by atoms with Crippen molar-refractivity contribution in [3.63, 3.8) is 0 Å². The van der Waals surface area contributed by atoms with Gasteiger partial charge in [-0.15, -0.1) is 0 Å². The Labute approximate surface area is 121 Å². The van der Waals surface area contributed by atoms with Crippen LogP contribution in [0.25, 0.3) is 0 Å². The summed E-state index contributed by atoms with van der Waals surface area (Å²) in [6.45, 7) is 2.10. The van der Waals surface area contributed by atoms with Gasteiger partial charge in [0.2, 0.25) is 5.91 Å². The molecule has 0 bridgehead atoms. The number of carbonyl (C=O) groups excluding carboxylic acids is 1. The molecule has 1 aromatic carbocycles. The molecule has 1 aliphatic heterocycles. The van der Waals surface area contributed by atoms with Crippen LogP contribution in [0.5, 0.6) is 0 Å². The maximum atomic E-state index is 12.4. The fourth-order valence-corrected chi connectivity index (χ4v) is 2.78. The number of piperidine rings is 1. The van der Waals surface area contributed by atoms with Gasteiger partial charge in [0.05, 0.1) is 6.04 Å². The minimum Gasteiger partial charge on any atom is -0.341 e. The molecule has 2 rings (SSSR count). The first-order valence-electron chi connectivity index (χ1n) is 7.32. The van der Waals surface area contributed by atoms with Crippen LogP contribution in [0.15, 0.2) is 30.3 Å². The third kappa shape index (κ3) is 3.81. The van der Waals surface area contributed by atoms with Gasteiger partial charge in [-0.2, -0.15) is 0 Å². The first-order valence-corrected chi connectivity index (χ1v) is 7.32. The van der Waals surface area contributed by atoms with Crippen LogP contribution in [0, 0.1) is 0 Å². The first kappa shape index (κ1) is 15.0. The van der Waals surface area contributed by atoms with E-state index in [1.54, 1.807) is 0 Å². The minimum atomic E-state index is -0.443. The van der Waals surface area contributed by atoms with Crippen molar-refractivity contribution in [2.45, 2.75) is 31.3 Å². The molecule has 1 aliphatic rings. The molecule has 1 heterocycles. The van der Waals surface area contributed by atoms with Crippen LogP contribution < -0.4 is 5.73 Å². The lowest BCUT2D eigenvalue weighted by Gasteiger charge is -2.36. The highest BCUT2D eigenvalue weighted by Crippen LogP contribution is 2.15. The van der Waals surface area contributed by atoms with E-state index >= 15 is 0 Å². The zero-order valence-corrected chi connectivity index (χ0v) is 12.5. The number of rotatable bonds is 4. The predicted molar refractivity (Wildman–Crippen MR) is 81.4 cm³/mol. The summed E-state index contributed by atoms with van der Waals surface area (Å²) in [5.41, 5.74) is 7.20. The third-order valence-electron chi connectivity index (χ3n) is 4.20. The molecule has 1 atom stereocenters. The summed E-state index contributed by atoms with van der Waals surface area (Å²) in [5, 5.41) is 0. The second-order valence-corrected chi connectivity index (χ2v) is 5.78. The van der Waals surface area contributed by atoms with Gasteiger partial charge in [0.15, 0.2) is 0 Å². The number of likely N-dealkylation sites (N-methyl/N-ethyl adjacent to an activating group) is 1. The first-order chi connectivity index (χ1) is 9.58. The van der Waals surface area contributed by atoms with Crippen molar-refractivity contribution < 1.29 is 4.79 Å². The predicted octanol–water partition coefficient (Wildman–Crippen LogP) is 1.11. The lowest BCUT2D eigenvalue weighted by molar-refractivity contribution is -0.134. The number of hydrogen-bond donors (Lipinski definition) is 1. The average Bonchev–Trinajstić information content (AvgIpc) is 2.47. The fraction of sp³-hybridized carbons (Fsp3) is 0.562. The number of nitrogens with two attached hydrogens (primary N) is 1. The summed E-state index contributed by atoms with van der Waals surface area (Å²) < 4.78 is 0. The van der Waals surface area contributed by atoms with Crippen molar-refractivity contribution in [1.82, 2.24) is 9.80 Å². The smallest absolute Gasteiger partial charge is 0.239 e. The zero-order chi connectivity index (χ0) is 14.5. The highest BCUT2D eigenvalue weighted by Gasteiger charge is 2.27. The van der Waals surface area contributed by atoms with Crippen molar-refractivity contribution in [1.29, 1.82) is 0 Å². The monoisotopic (exact) mass is 275 g/mol. The number of likely N-dealkylation sites (tertiary alicyclic amines) is 1. The van der Waals surface area contributed by atoms with Crippen molar-refractivity contribution in [3.8, 4) is 0 Å². The second-order valence-electron chi connectivity index (χ2n) is 5.78. The Hall–Kier alpha value is -1.39. The number of hydrogen-bond acceptors (Lipinski definition) is 3. The molecule has 0 radical (unpaired) electrons. The molecule has 110 valence electrons. The maximum Gasteiger partial charge on any atom is 0.239 e. The normalized spacial score (nSPS) is 18.8. The van der Waals surface area contributed by atoms with E-state index < -0.39 is 6.04 Å². The summed E-state index contributed by atoms with van der Waals surface area (Å²) in [4.78, 5) is 16.6. The van der Waals surface area contributed by atoms with E-state index in [1.807, 2.05) is 42.3 Å². The highest BCUT2D eigenvalue weighted by molar-refractivity contribution is 5.82. The largest absolute Gasteiger partial charge is 0.341 e. The fourth-order valence-electron chi connectivity index (χ4n) is 2.78. The summed E-state index contributed by atoms with van der Waals surface area (Å²) in [5.74, 6) is 0.0587. The van der Waals surface area contributed by atoms with E-state index in [4.69, 9.17) is 5.73 Å². The molecule has 0 aromatic heterocycles. The van der Waals surface area contributed by atoms with Crippen LogP contribution in [0.2, 0.25) is 0 Å². The Kier molecular flexibility index (Phi) is 5.15. The molecule has 1 aromatic rings. The van der Waals surface area contributed by atoms with E-state index in [0.29, 0.717) is 12.5 Å². The van der Waals surface area contributed by atoms with E-state index in [1.165, 1.54) is 0 Å². The standard InChI is InChI=1S/C16H25N3O/c1-18-10-8-14(9-11-18)19(2)16(20)15(17)12-13-6-4-3-5-7-13/h3-7,14-15H,8-12,17H2,1-2H3/t15-/m1/s1. The Bertz CT molecular complexity index is 427. The average molecular weight is 275 g/mol. The van der Waals surface area contributed by atoms with E-state index in [9.17, 15) is 4.79 Å². The van der Waals surface area contributed by atoms with Gasteiger partial charge in [-0.1, -0.05) is 30.3 Å². The summed E-state index contributed by atoms with van der Waals surface area (Å²) in [7, 11) is 4.02. The van der Waals surface area contributed by atoms with Gasteiger partial charge in [0, 0.05) is 13.1 Å². The lowest BCUT2D eigenvalue weighted by atomic mass is 10.0. The number of carbonyl (C=O) groups is 1. The van der Waals surface area contributed by atoms with E-state index in [-0.39, 0.29) is 5.91 Å². The molecule has 1 saturated heterocycles. The second kappa shape index (κ2) is 6.86. The van der Waals surface area contributed by atoms with Gasteiger partial charge >= 0.3 is 0 Å². The van der Waals surface area contributed by atoms with Crippen LogP contribution >= 0.6 is 0 Å². The molecule has 0 saturated carbocycles. The molecule has 2 N–H and O–H groups in total. The molecule has 20 heavy (non-hydrogen) atoms. The van der Waals surface area contributed by atoms with Gasteiger partial charge in [-0.25, -0.2) is 0 Å². The van der Waals surface area contributed by atoms with Gasteiger partial charge in [-0.05, 0) is 45.0 Å². The summed E-state index contributed by atoms with van der Waals surface area (Å²) >= 11 is 0. The van der Waals surface area contributed by atoms with Crippen molar-refractivity contribution >= 4 is 5.91 Å². The van der Waals surface area contributed by atoms with Crippen LogP contribution in [-0.2, 0) is 11.2 Å². The molecule has 1 fully saturated rings. The van der Waals surface area contributed by atoms with Crippen molar-refractivity contribution in [2.75, 3.05) is 27.2 Å². The van der Waals surface area contributed by atoms with Gasteiger partial charge in [0.25, 0.3) is 0 Å². The molecular weight excluding hydrogens is 250 g/mol. The van der Waals surface area contributed by atoms with Crippen LogP contribution in [0.1, 0.15) is 18.4 Å². The zero-order valence-electron chi connectivity index (χ0n) is 12.5. The van der Waals surface area contributed by atoms with Crippen LogP contribution in [0.3, 0.4) is 0 Å². The Morgan fingerprint density at radius 2 is 1.95 bits per heavy atom. The third-order valence-corrected chi connectivity index (χ3v) is 4.20. The molecule has 1 amide bonds. The van der Waals surface area contributed by atoms with Gasteiger partial charge in [0.1, 0.15) is 0 Å². The number of nitrogens with zero attached hydrogens (tertiary/aromatic N) is 2. The van der Waals surface area contributed by atoms with Gasteiger partial charge in [-0.3, -0.25) is 4.79 Å². The topological polar surface area (TPSA) is 49.6 Å².